The highest BCUT2D eigenvalue weighted by Crippen LogP contribution is 2.17. The van der Waals surface area contributed by atoms with Gasteiger partial charge in [0.2, 0.25) is 5.91 Å². The fourth-order valence-electron chi connectivity index (χ4n) is 2.38. The first-order valence-electron chi connectivity index (χ1n) is 8.09. The molecule has 0 aliphatic heterocycles. The molecule has 0 unspecified atom stereocenters. The van der Waals surface area contributed by atoms with Crippen LogP contribution in [-0.4, -0.2) is 18.2 Å². The molecule has 0 radical (unpaired) electrons. The van der Waals surface area contributed by atoms with Crippen LogP contribution < -0.4 is 10.2 Å². The highest BCUT2D eigenvalue weighted by Gasteiger charge is 2.06. The average Bonchev–Trinajstić information content (AvgIpc) is 2.51. The molecular formula is C20H24N2O2. The van der Waals surface area contributed by atoms with Gasteiger partial charge in [0.1, 0.15) is 5.75 Å². The molecule has 4 nitrogen and oxygen atoms in total. The van der Waals surface area contributed by atoms with E-state index < -0.39 is 0 Å². The minimum Gasteiger partial charge on any atom is -0.490 e. The lowest BCUT2D eigenvalue weighted by Gasteiger charge is -2.11. The second-order valence-corrected chi connectivity index (χ2v) is 6.10. The van der Waals surface area contributed by atoms with Crippen molar-refractivity contribution in [2.45, 2.75) is 40.2 Å². The minimum atomic E-state index is -0.138. The number of para-hydroxylation sites is 1. The first-order valence-corrected chi connectivity index (χ1v) is 8.09. The van der Waals surface area contributed by atoms with Crippen LogP contribution in [0.3, 0.4) is 0 Å². The van der Waals surface area contributed by atoms with Gasteiger partial charge in [-0.1, -0.05) is 35.9 Å². The van der Waals surface area contributed by atoms with Gasteiger partial charge in [0.05, 0.1) is 18.7 Å². The van der Waals surface area contributed by atoms with Crippen LogP contribution in [0.4, 0.5) is 0 Å². The molecule has 2 aromatic carbocycles. The molecule has 0 heterocycles. The van der Waals surface area contributed by atoms with Crippen LogP contribution >= 0.6 is 0 Å². The Kier molecular flexibility index (Phi) is 6.13. The number of hydrogen-bond acceptors (Lipinski definition) is 3. The normalized spacial score (nSPS) is 11.0. The highest BCUT2D eigenvalue weighted by molar-refractivity contribution is 5.85. The molecule has 24 heavy (non-hydrogen) atoms. The van der Waals surface area contributed by atoms with Crippen LogP contribution in [0.25, 0.3) is 0 Å². The van der Waals surface area contributed by atoms with E-state index in [4.69, 9.17) is 4.74 Å². The van der Waals surface area contributed by atoms with Crippen LogP contribution in [0, 0.1) is 13.8 Å². The summed E-state index contributed by atoms with van der Waals surface area (Å²) in [7, 11) is 0. The number of benzene rings is 2. The molecule has 0 saturated carbocycles. The van der Waals surface area contributed by atoms with E-state index in [0.717, 1.165) is 22.4 Å². The van der Waals surface area contributed by atoms with Gasteiger partial charge in [-0.05, 0) is 51.0 Å². The number of aryl methyl sites for hydroxylation is 2. The molecule has 0 aliphatic carbocycles. The molecule has 1 amide bonds. The lowest BCUT2D eigenvalue weighted by Crippen LogP contribution is -2.20. The monoisotopic (exact) mass is 324 g/mol. The molecule has 0 aromatic heterocycles. The number of ether oxygens (including phenoxy) is 1. The molecule has 0 bridgehead atoms. The molecular weight excluding hydrogens is 300 g/mol. The maximum Gasteiger partial charge on any atom is 0.244 e. The Labute approximate surface area is 143 Å². The second-order valence-electron chi connectivity index (χ2n) is 6.10. The van der Waals surface area contributed by atoms with Gasteiger partial charge in [0.15, 0.2) is 0 Å². The fraction of sp³-hybridized carbons (Fsp3) is 0.300. The van der Waals surface area contributed by atoms with Gasteiger partial charge < -0.3 is 4.74 Å². The summed E-state index contributed by atoms with van der Waals surface area (Å²) in [6.45, 7) is 8.00. The van der Waals surface area contributed by atoms with Crippen LogP contribution in [0.15, 0.2) is 47.6 Å². The van der Waals surface area contributed by atoms with Crippen molar-refractivity contribution in [1.29, 1.82) is 0 Å². The summed E-state index contributed by atoms with van der Waals surface area (Å²) in [6.07, 6.45) is 2.00. The molecule has 2 rings (SSSR count). The molecule has 0 fully saturated rings. The van der Waals surface area contributed by atoms with Crippen molar-refractivity contribution in [2.24, 2.45) is 5.10 Å². The largest absolute Gasteiger partial charge is 0.490 e. The van der Waals surface area contributed by atoms with E-state index in [0.29, 0.717) is 6.42 Å². The molecule has 0 atom stereocenters. The Morgan fingerprint density at radius 3 is 2.67 bits per heavy atom. The molecule has 0 aliphatic rings. The molecule has 126 valence electrons. The van der Waals surface area contributed by atoms with Crippen molar-refractivity contribution >= 4 is 12.1 Å². The van der Waals surface area contributed by atoms with Crippen LogP contribution in [0.5, 0.6) is 5.75 Å². The van der Waals surface area contributed by atoms with E-state index >= 15 is 0 Å². The minimum absolute atomic E-state index is 0.0821. The lowest BCUT2D eigenvalue weighted by molar-refractivity contribution is -0.120. The Morgan fingerprint density at radius 2 is 1.96 bits per heavy atom. The molecule has 0 spiro atoms. The number of hydrazone groups is 1. The number of carbonyl (C=O) groups excluding carboxylic acids is 1. The van der Waals surface area contributed by atoms with E-state index in [1.54, 1.807) is 6.21 Å². The molecule has 4 heteroatoms. The van der Waals surface area contributed by atoms with Crippen LogP contribution in [0.1, 0.15) is 36.1 Å². The maximum absolute atomic E-state index is 12.0. The van der Waals surface area contributed by atoms with Gasteiger partial charge in [0, 0.05) is 5.56 Å². The summed E-state index contributed by atoms with van der Waals surface area (Å²) < 4.78 is 5.72. The Balaban J connectivity index is 1.97. The summed E-state index contributed by atoms with van der Waals surface area (Å²) in [5, 5.41) is 4.05. The first kappa shape index (κ1) is 17.7. The smallest absolute Gasteiger partial charge is 0.244 e. The predicted molar refractivity (Wildman–Crippen MR) is 97.6 cm³/mol. The van der Waals surface area contributed by atoms with Crippen molar-refractivity contribution < 1.29 is 9.53 Å². The van der Waals surface area contributed by atoms with Crippen molar-refractivity contribution in [3.63, 3.8) is 0 Å². The number of carbonyl (C=O) groups is 1. The average molecular weight is 324 g/mol. The molecule has 0 saturated heterocycles. The van der Waals surface area contributed by atoms with E-state index in [-0.39, 0.29) is 12.0 Å². The van der Waals surface area contributed by atoms with E-state index in [9.17, 15) is 4.79 Å². The van der Waals surface area contributed by atoms with E-state index in [2.05, 4.69) is 16.6 Å². The van der Waals surface area contributed by atoms with Gasteiger partial charge in [-0.25, -0.2) is 5.43 Å². The van der Waals surface area contributed by atoms with Crippen molar-refractivity contribution in [3.8, 4) is 5.75 Å². The van der Waals surface area contributed by atoms with Gasteiger partial charge in [-0.3, -0.25) is 4.79 Å². The van der Waals surface area contributed by atoms with Crippen molar-refractivity contribution in [3.05, 3.63) is 64.7 Å². The third-order valence-electron chi connectivity index (χ3n) is 3.52. The Morgan fingerprint density at radius 1 is 1.21 bits per heavy atom. The van der Waals surface area contributed by atoms with Crippen molar-refractivity contribution in [1.82, 2.24) is 5.43 Å². The number of rotatable bonds is 6. The van der Waals surface area contributed by atoms with Crippen molar-refractivity contribution in [2.75, 3.05) is 0 Å². The Bertz CT molecular complexity index is 736. The van der Waals surface area contributed by atoms with E-state index in [1.807, 2.05) is 64.1 Å². The van der Waals surface area contributed by atoms with Gasteiger partial charge >= 0.3 is 0 Å². The zero-order chi connectivity index (χ0) is 17.5. The topological polar surface area (TPSA) is 50.7 Å². The van der Waals surface area contributed by atoms with Gasteiger partial charge in [0.25, 0.3) is 0 Å². The van der Waals surface area contributed by atoms with Gasteiger partial charge in [-0.2, -0.15) is 5.10 Å². The summed E-state index contributed by atoms with van der Waals surface area (Å²) in [4.78, 5) is 12.0. The molecule has 2 aromatic rings. The summed E-state index contributed by atoms with van der Waals surface area (Å²) >= 11 is 0. The fourth-order valence-corrected chi connectivity index (χ4v) is 2.38. The third-order valence-corrected chi connectivity index (χ3v) is 3.52. The summed E-state index contributed by atoms with van der Waals surface area (Å²) in [6, 6.07) is 13.7. The predicted octanol–water partition coefficient (Wildman–Crippen LogP) is 3.78. The summed E-state index contributed by atoms with van der Waals surface area (Å²) in [5.74, 6) is 0.611. The number of amides is 1. The standard InChI is InChI=1S/C20H24N2O2/c1-14(2)24-19-8-6-5-7-18(19)13-21-22-20(23)12-17-10-9-15(3)11-16(17)4/h5-11,13-14H,12H2,1-4H3,(H,22,23)/b21-13-. The summed E-state index contributed by atoms with van der Waals surface area (Å²) in [5.41, 5.74) is 6.73. The zero-order valence-corrected chi connectivity index (χ0v) is 14.7. The van der Waals surface area contributed by atoms with E-state index in [1.165, 1.54) is 5.56 Å². The van der Waals surface area contributed by atoms with Gasteiger partial charge in [-0.15, -0.1) is 0 Å². The number of nitrogens with zero attached hydrogens (tertiary/aromatic N) is 1. The Hall–Kier alpha value is -2.62. The number of nitrogens with one attached hydrogen (secondary N) is 1. The quantitative estimate of drug-likeness (QED) is 0.649. The van der Waals surface area contributed by atoms with Crippen LogP contribution in [0.2, 0.25) is 0 Å². The highest BCUT2D eigenvalue weighted by atomic mass is 16.5. The van der Waals surface area contributed by atoms with Crippen LogP contribution in [-0.2, 0) is 11.2 Å². The lowest BCUT2D eigenvalue weighted by atomic mass is 10.0. The third kappa shape index (κ3) is 5.23. The first-order chi connectivity index (χ1) is 11.5. The zero-order valence-electron chi connectivity index (χ0n) is 14.7. The maximum atomic E-state index is 12.0. The molecule has 1 N–H and O–H groups in total. The second kappa shape index (κ2) is 8.29. The SMILES string of the molecule is Cc1ccc(CC(=O)N/N=C\c2ccccc2OC(C)C)c(C)c1. The number of hydrogen-bond donors (Lipinski definition) is 1.